The molecule has 2 unspecified atom stereocenters. The maximum atomic E-state index is 12.3. The highest BCUT2D eigenvalue weighted by atomic mass is 16.1. The van der Waals surface area contributed by atoms with E-state index >= 15 is 0 Å². The summed E-state index contributed by atoms with van der Waals surface area (Å²) in [7, 11) is 0. The third-order valence-corrected chi connectivity index (χ3v) is 5.46. The van der Waals surface area contributed by atoms with Crippen LogP contribution in [0.5, 0.6) is 0 Å². The van der Waals surface area contributed by atoms with Crippen LogP contribution in [0.4, 0.5) is 0 Å². The Hall–Kier alpha value is -0.370. The highest BCUT2D eigenvalue weighted by Crippen LogP contribution is 2.32. The second kappa shape index (κ2) is 9.61. The fraction of sp³-hybridized carbons (Fsp3) is 0.947. The van der Waals surface area contributed by atoms with Crippen LogP contribution in [0, 0.1) is 5.92 Å². The van der Waals surface area contributed by atoms with Crippen molar-refractivity contribution < 1.29 is 4.79 Å². The van der Waals surface area contributed by atoms with Crippen LogP contribution in [0.2, 0.25) is 0 Å². The van der Waals surface area contributed by atoms with Gasteiger partial charge >= 0.3 is 0 Å². The van der Waals surface area contributed by atoms with Crippen molar-refractivity contribution in [1.29, 1.82) is 0 Å². The Morgan fingerprint density at radius 3 is 1.95 bits per heavy atom. The lowest BCUT2D eigenvalue weighted by atomic mass is 9.87. The van der Waals surface area contributed by atoms with Gasteiger partial charge in [-0.1, -0.05) is 58.3 Å². The van der Waals surface area contributed by atoms with Crippen LogP contribution in [0.25, 0.3) is 0 Å². The van der Waals surface area contributed by atoms with Crippen LogP contribution in [-0.4, -0.2) is 17.9 Å². The molecule has 0 saturated carbocycles. The van der Waals surface area contributed by atoms with Crippen molar-refractivity contribution in [3.8, 4) is 0 Å². The predicted octanol–water partition coefficient (Wildman–Crippen LogP) is 5.01. The summed E-state index contributed by atoms with van der Waals surface area (Å²) in [6.45, 7) is 2.27. The lowest BCUT2D eigenvalue weighted by Crippen LogP contribution is -2.40. The molecule has 0 aliphatic carbocycles. The number of carbonyl (C=O) groups is 1. The van der Waals surface area contributed by atoms with E-state index in [4.69, 9.17) is 0 Å². The standard InChI is InChI=1S/C19H35NO/c1-2-3-4-5-6-7-8-9-10-11-19(21)16-14-17-12-13-18(15-16)20-17/h16-18,20H,2-15H2,1H3. The van der Waals surface area contributed by atoms with Gasteiger partial charge in [0.15, 0.2) is 0 Å². The van der Waals surface area contributed by atoms with E-state index in [1.165, 1.54) is 64.2 Å². The molecule has 21 heavy (non-hydrogen) atoms. The minimum Gasteiger partial charge on any atom is -0.311 e. The lowest BCUT2D eigenvalue weighted by Gasteiger charge is -2.28. The zero-order chi connectivity index (χ0) is 14.9. The second-order valence-electron chi connectivity index (χ2n) is 7.35. The van der Waals surface area contributed by atoms with E-state index in [0.29, 0.717) is 23.8 Å². The molecule has 1 N–H and O–H groups in total. The fourth-order valence-electron chi connectivity index (χ4n) is 4.13. The first-order chi connectivity index (χ1) is 10.3. The first kappa shape index (κ1) is 17.0. The third kappa shape index (κ3) is 6.10. The van der Waals surface area contributed by atoms with Gasteiger partial charge in [-0.2, -0.15) is 0 Å². The van der Waals surface area contributed by atoms with E-state index in [1.807, 2.05) is 0 Å². The van der Waals surface area contributed by atoms with Gasteiger partial charge in [-0.3, -0.25) is 4.79 Å². The summed E-state index contributed by atoms with van der Waals surface area (Å²) in [4.78, 5) is 12.3. The summed E-state index contributed by atoms with van der Waals surface area (Å²) in [5, 5.41) is 3.63. The molecule has 0 amide bonds. The van der Waals surface area contributed by atoms with Crippen LogP contribution in [0.1, 0.15) is 96.8 Å². The van der Waals surface area contributed by atoms with Gasteiger partial charge in [0, 0.05) is 24.4 Å². The van der Waals surface area contributed by atoms with E-state index < -0.39 is 0 Å². The molecule has 2 atom stereocenters. The largest absolute Gasteiger partial charge is 0.311 e. The summed E-state index contributed by atoms with van der Waals surface area (Å²) >= 11 is 0. The van der Waals surface area contributed by atoms with Crippen molar-refractivity contribution in [3.63, 3.8) is 0 Å². The minimum absolute atomic E-state index is 0.387. The van der Waals surface area contributed by atoms with E-state index in [-0.39, 0.29) is 0 Å². The van der Waals surface area contributed by atoms with Crippen LogP contribution in [-0.2, 0) is 4.79 Å². The van der Waals surface area contributed by atoms with Crippen molar-refractivity contribution in [2.75, 3.05) is 0 Å². The van der Waals surface area contributed by atoms with Gasteiger partial charge in [0.2, 0.25) is 0 Å². The number of fused-ring (bicyclic) bond motifs is 2. The number of rotatable bonds is 11. The van der Waals surface area contributed by atoms with Crippen molar-refractivity contribution in [2.45, 2.75) is 109 Å². The molecule has 2 saturated heterocycles. The van der Waals surface area contributed by atoms with Gasteiger partial charge < -0.3 is 5.32 Å². The van der Waals surface area contributed by atoms with Crippen LogP contribution in [0.3, 0.4) is 0 Å². The summed E-state index contributed by atoms with van der Waals surface area (Å²) in [5.74, 6) is 0.953. The van der Waals surface area contributed by atoms with Gasteiger partial charge in [0.05, 0.1) is 0 Å². The predicted molar refractivity (Wildman–Crippen MR) is 89.5 cm³/mol. The molecule has 0 aromatic rings. The molecule has 2 heterocycles. The Bertz CT molecular complexity index is 290. The monoisotopic (exact) mass is 293 g/mol. The minimum atomic E-state index is 0.387. The van der Waals surface area contributed by atoms with E-state index in [1.54, 1.807) is 0 Å². The van der Waals surface area contributed by atoms with E-state index in [0.717, 1.165) is 25.7 Å². The molecule has 2 bridgehead atoms. The molecule has 122 valence electrons. The van der Waals surface area contributed by atoms with Gasteiger partial charge in [0.1, 0.15) is 5.78 Å². The SMILES string of the molecule is CCCCCCCCCCCC(=O)C1CC2CCC(C1)N2. The summed E-state index contributed by atoms with van der Waals surface area (Å²) in [5.41, 5.74) is 0. The molecular weight excluding hydrogens is 258 g/mol. The van der Waals surface area contributed by atoms with Crippen molar-refractivity contribution >= 4 is 5.78 Å². The number of hydrogen-bond acceptors (Lipinski definition) is 2. The smallest absolute Gasteiger partial charge is 0.136 e. The second-order valence-corrected chi connectivity index (χ2v) is 7.35. The maximum absolute atomic E-state index is 12.3. The molecule has 2 fully saturated rings. The average molecular weight is 293 g/mol. The Morgan fingerprint density at radius 2 is 1.38 bits per heavy atom. The highest BCUT2D eigenvalue weighted by Gasteiger charge is 2.35. The van der Waals surface area contributed by atoms with Gasteiger partial charge in [0.25, 0.3) is 0 Å². The first-order valence-corrected chi connectivity index (χ1v) is 9.58. The Kier molecular flexibility index (Phi) is 7.77. The van der Waals surface area contributed by atoms with E-state index in [2.05, 4.69) is 12.2 Å². The van der Waals surface area contributed by atoms with Crippen molar-refractivity contribution in [3.05, 3.63) is 0 Å². The number of carbonyl (C=O) groups excluding carboxylic acids is 1. The molecule has 2 heteroatoms. The first-order valence-electron chi connectivity index (χ1n) is 9.58. The van der Waals surface area contributed by atoms with Crippen LogP contribution in [0.15, 0.2) is 0 Å². The number of nitrogens with one attached hydrogen (secondary N) is 1. The molecule has 2 aliphatic heterocycles. The summed E-state index contributed by atoms with van der Waals surface area (Å²) in [6.07, 6.45) is 17.7. The van der Waals surface area contributed by atoms with E-state index in [9.17, 15) is 4.79 Å². The van der Waals surface area contributed by atoms with Crippen LogP contribution < -0.4 is 5.32 Å². The Morgan fingerprint density at radius 1 is 0.857 bits per heavy atom. The highest BCUT2D eigenvalue weighted by molar-refractivity contribution is 5.81. The fourth-order valence-corrected chi connectivity index (χ4v) is 4.13. The van der Waals surface area contributed by atoms with Gasteiger partial charge in [-0.25, -0.2) is 0 Å². The Balaban J connectivity index is 1.44. The van der Waals surface area contributed by atoms with Crippen molar-refractivity contribution in [1.82, 2.24) is 5.32 Å². The average Bonchev–Trinajstić information content (AvgIpc) is 2.83. The number of piperidine rings is 1. The van der Waals surface area contributed by atoms with Gasteiger partial charge in [-0.15, -0.1) is 0 Å². The van der Waals surface area contributed by atoms with Gasteiger partial charge in [-0.05, 0) is 32.1 Å². The lowest BCUT2D eigenvalue weighted by molar-refractivity contribution is -0.124. The molecule has 0 spiro atoms. The number of ketones is 1. The normalized spacial score (nSPS) is 28.0. The zero-order valence-corrected chi connectivity index (χ0v) is 14.0. The number of hydrogen-bond donors (Lipinski definition) is 1. The maximum Gasteiger partial charge on any atom is 0.136 e. The molecule has 2 rings (SSSR count). The Labute approximate surface area is 131 Å². The topological polar surface area (TPSA) is 29.1 Å². The zero-order valence-electron chi connectivity index (χ0n) is 14.0. The number of unbranched alkanes of at least 4 members (excludes halogenated alkanes) is 8. The molecule has 2 nitrogen and oxygen atoms in total. The van der Waals surface area contributed by atoms with Crippen LogP contribution >= 0.6 is 0 Å². The molecule has 0 radical (unpaired) electrons. The quantitative estimate of drug-likeness (QED) is 0.543. The summed E-state index contributed by atoms with van der Waals surface area (Å²) in [6, 6.07) is 1.31. The molecular formula is C19H35NO. The third-order valence-electron chi connectivity index (χ3n) is 5.46. The molecule has 0 aromatic carbocycles. The molecule has 0 aromatic heterocycles. The number of Topliss-reactive ketones (excluding diaryl/α,β-unsaturated/α-hetero) is 1. The molecule has 2 aliphatic rings. The summed E-state index contributed by atoms with van der Waals surface area (Å²) < 4.78 is 0. The van der Waals surface area contributed by atoms with Crippen molar-refractivity contribution in [2.24, 2.45) is 5.92 Å².